The second-order valence-electron chi connectivity index (χ2n) is 6.85. The lowest BCUT2D eigenvalue weighted by Gasteiger charge is -2.29. The Labute approximate surface area is 160 Å². The smallest absolute Gasteiger partial charge is 0.238 e. The van der Waals surface area contributed by atoms with E-state index < -0.39 is 0 Å². The van der Waals surface area contributed by atoms with E-state index in [1.807, 2.05) is 12.1 Å². The van der Waals surface area contributed by atoms with Crippen molar-refractivity contribution in [2.45, 2.75) is 31.7 Å². The first kappa shape index (κ1) is 18.9. The summed E-state index contributed by atoms with van der Waals surface area (Å²) in [7, 11) is 1.67. The monoisotopic (exact) mass is 363 g/mol. The first-order valence-electron chi connectivity index (χ1n) is 9.37. The molecule has 0 bridgehead atoms. The van der Waals surface area contributed by atoms with Crippen LogP contribution in [0.15, 0.2) is 48.5 Å². The van der Waals surface area contributed by atoms with E-state index in [0.717, 1.165) is 30.8 Å². The first-order valence-corrected chi connectivity index (χ1v) is 9.37. The van der Waals surface area contributed by atoms with E-state index in [4.69, 9.17) is 10.00 Å². The molecule has 2 aromatic carbocycles. The zero-order chi connectivity index (χ0) is 19.1. The number of anilines is 1. The van der Waals surface area contributed by atoms with Gasteiger partial charge in [-0.15, -0.1) is 0 Å². The Morgan fingerprint density at radius 3 is 2.56 bits per heavy atom. The summed E-state index contributed by atoms with van der Waals surface area (Å²) in [5, 5.41) is 11.8. The third kappa shape index (κ3) is 5.08. The van der Waals surface area contributed by atoms with Crippen LogP contribution >= 0.6 is 0 Å². The molecule has 27 heavy (non-hydrogen) atoms. The minimum Gasteiger partial charge on any atom is -0.497 e. The van der Waals surface area contributed by atoms with E-state index >= 15 is 0 Å². The second kappa shape index (κ2) is 9.20. The van der Waals surface area contributed by atoms with Crippen molar-refractivity contribution in [1.29, 1.82) is 5.26 Å². The van der Waals surface area contributed by atoms with Crippen molar-refractivity contribution in [3.8, 4) is 11.8 Å². The molecule has 140 valence electrons. The van der Waals surface area contributed by atoms with Gasteiger partial charge in [-0.3, -0.25) is 9.69 Å². The lowest BCUT2D eigenvalue weighted by molar-refractivity contribution is -0.117. The number of benzene rings is 2. The fraction of sp³-hybridized carbons (Fsp3) is 0.364. The molecule has 5 nitrogen and oxygen atoms in total. The van der Waals surface area contributed by atoms with Gasteiger partial charge in [-0.2, -0.15) is 5.26 Å². The average Bonchev–Trinajstić information content (AvgIpc) is 2.94. The molecule has 1 saturated heterocycles. The van der Waals surface area contributed by atoms with E-state index in [2.05, 4.69) is 28.4 Å². The van der Waals surface area contributed by atoms with Crippen LogP contribution in [-0.4, -0.2) is 31.0 Å². The van der Waals surface area contributed by atoms with Crippen LogP contribution in [0.1, 0.15) is 42.9 Å². The number of likely N-dealkylation sites (tertiary alicyclic amines) is 1. The van der Waals surface area contributed by atoms with Gasteiger partial charge in [0.05, 0.1) is 25.3 Å². The third-order valence-corrected chi connectivity index (χ3v) is 5.01. The topological polar surface area (TPSA) is 65.4 Å². The zero-order valence-corrected chi connectivity index (χ0v) is 15.6. The van der Waals surface area contributed by atoms with Gasteiger partial charge in [-0.1, -0.05) is 25.0 Å². The fourth-order valence-electron chi connectivity index (χ4n) is 3.57. The molecule has 1 amide bonds. The number of methoxy groups -OCH3 is 1. The minimum atomic E-state index is -0.0277. The summed E-state index contributed by atoms with van der Waals surface area (Å²) in [6, 6.07) is 17.4. The Bertz CT molecular complexity index is 794. The van der Waals surface area contributed by atoms with Crippen molar-refractivity contribution in [1.82, 2.24) is 4.90 Å². The van der Waals surface area contributed by atoms with Crippen LogP contribution in [0.3, 0.4) is 0 Å². The maximum Gasteiger partial charge on any atom is 0.238 e. The van der Waals surface area contributed by atoms with E-state index in [9.17, 15) is 4.79 Å². The molecular formula is C22H25N3O2. The van der Waals surface area contributed by atoms with Crippen LogP contribution in [-0.2, 0) is 4.79 Å². The third-order valence-electron chi connectivity index (χ3n) is 5.01. The number of amides is 1. The number of carbonyl (C=O) groups excluding carboxylic acids is 1. The van der Waals surface area contributed by atoms with E-state index in [-0.39, 0.29) is 11.9 Å². The molecule has 1 aliphatic rings. The summed E-state index contributed by atoms with van der Waals surface area (Å²) in [6.07, 6.45) is 4.53. The summed E-state index contributed by atoms with van der Waals surface area (Å²) >= 11 is 0. The molecular weight excluding hydrogens is 338 g/mol. The molecule has 5 heteroatoms. The van der Waals surface area contributed by atoms with Crippen LogP contribution in [0, 0.1) is 11.3 Å². The number of nitrogens with one attached hydrogen (secondary N) is 1. The van der Waals surface area contributed by atoms with Crippen LogP contribution < -0.4 is 10.1 Å². The SMILES string of the molecule is COc1ccc([C@@H]2CCCCCN2CC(=O)Nc2ccc(C#N)cc2)cc1. The summed E-state index contributed by atoms with van der Waals surface area (Å²) in [6.45, 7) is 1.27. The average molecular weight is 363 g/mol. The summed E-state index contributed by atoms with van der Waals surface area (Å²) < 4.78 is 5.26. The molecule has 1 aliphatic heterocycles. The van der Waals surface area contributed by atoms with Crippen molar-refractivity contribution < 1.29 is 9.53 Å². The Hall–Kier alpha value is -2.84. The van der Waals surface area contributed by atoms with Crippen molar-refractivity contribution >= 4 is 11.6 Å². The van der Waals surface area contributed by atoms with Crippen LogP contribution in [0.25, 0.3) is 0 Å². The Morgan fingerprint density at radius 2 is 1.89 bits per heavy atom. The zero-order valence-electron chi connectivity index (χ0n) is 15.6. The maximum atomic E-state index is 12.6. The van der Waals surface area contributed by atoms with Crippen molar-refractivity contribution in [3.63, 3.8) is 0 Å². The lowest BCUT2D eigenvalue weighted by Crippen LogP contribution is -2.36. The number of hydrogen-bond acceptors (Lipinski definition) is 4. The molecule has 0 aromatic heterocycles. The largest absolute Gasteiger partial charge is 0.497 e. The fourth-order valence-corrected chi connectivity index (χ4v) is 3.57. The van der Waals surface area contributed by atoms with Gasteiger partial charge < -0.3 is 10.1 Å². The van der Waals surface area contributed by atoms with E-state index in [0.29, 0.717) is 12.1 Å². The number of hydrogen-bond donors (Lipinski definition) is 1. The Kier molecular flexibility index (Phi) is 6.45. The lowest BCUT2D eigenvalue weighted by atomic mass is 10.0. The molecule has 0 saturated carbocycles. The maximum absolute atomic E-state index is 12.6. The van der Waals surface area contributed by atoms with Gasteiger partial charge >= 0.3 is 0 Å². The quantitative estimate of drug-likeness (QED) is 0.868. The highest BCUT2D eigenvalue weighted by Gasteiger charge is 2.24. The predicted molar refractivity (Wildman–Crippen MR) is 106 cm³/mol. The number of ether oxygens (including phenoxy) is 1. The highest BCUT2D eigenvalue weighted by atomic mass is 16.5. The molecule has 2 aromatic rings. The Morgan fingerprint density at radius 1 is 1.15 bits per heavy atom. The molecule has 1 heterocycles. The number of carbonyl (C=O) groups is 1. The van der Waals surface area contributed by atoms with Crippen LogP contribution in [0.5, 0.6) is 5.75 Å². The van der Waals surface area contributed by atoms with E-state index in [1.54, 1.807) is 31.4 Å². The molecule has 0 spiro atoms. The summed E-state index contributed by atoms with van der Waals surface area (Å²) in [5.41, 5.74) is 2.53. The number of nitrogens with zero attached hydrogens (tertiary/aromatic N) is 2. The first-order chi connectivity index (χ1) is 13.2. The summed E-state index contributed by atoms with van der Waals surface area (Å²) in [4.78, 5) is 14.9. The predicted octanol–water partition coefficient (Wildman–Crippen LogP) is 4.12. The van der Waals surface area contributed by atoms with E-state index in [1.165, 1.54) is 18.4 Å². The van der Waals surface area contributed by atoms with Gasteiger partial charge in [0.2, 0.25) is 5.91 Å². The second-order valence-corrected chi connectivity index (χ2v) is 6.85. The number of nitriles is 1. The molecule has 0 unspecified atom stereocenters. The van der Waals surface area contributed by atoms with Gasteiger partial charge in [-0.25, -0.2) is 0 Å². The highest BCUT2D eigenvalue weighted by molar-refractivity contribution is 5.92. The highest BCUT2D eigenvalue weighted by Crippen LogP contribution is 2.31. The van der Waals surface area contributed by atoms with Crippen LogP contribution in [0.2, 0.25) is 0 Å². The van der Waals surface area contributed by atoms with Gasteiger partial charge in [0.25, 0.3) is 0 Å². The normalized spacial score (nSPS) is 17.6. The summed E-state index contributed by atoms with van der Waals surface area (Å²) in [5.74, 6) is 0.817. The molecule has 0 aliphatic carbocycles. The molecule has 1 atom stereocenters. The van der Waals surface area contributed by atoms with Crippen molar-refractivity contribution in [2.24, 2.45) is 0 Å². The van der Waals surface area contributed by atoms with Gasteiger partial charge in [0, 0.05) is 11.7 Å². The number of rotatable bonds is 5. The van der Waals surface area contributed by atoms with Gasteiger partial charge in [0.1, 0.15) is 5.75 Å². The minimum absolute atomic E-state index is 0.0277. The molecule has 1 fully saturated rings. The molecule has 1 N–H and O–H groups in total. The molecule has 3 rings (SSSR count). The Balaban J connectivity index is 1.68. The van der Waals surface area contributed by atoms with Crippen molar-refractivity contribution in [2.75, 3.05) is 25.5 Å². The standard InChI is InChI=1S/C22H25N3O2/c1-27-20-12-8-18(9-13-20)21-5-3-2-4-14-25(21)16-22(26)24-19-10-6-17(15-23)7-11-19/h6-13,21H,2-5,14,16H2,1H3,(H,24,26)/t21-/m0/s1. The molecule has 0 radical (unpaired) electrons. The van der Waals surface area contributed by atoms with Gasteiger partial charge in [0.15, 0.2) is 0 Å². The van der Waals surface area contributed by atoms with Gasteiger partial charge in [-0.05, 0) is 61.3 Å². The van der Waals surface area contributed by atoms with Crippen LogP contribution in [0.4, 0.5) is 5.69 Å². The van der Waals surface area contributed by atoms with Crippen molar-refractivity contribution in [3.05, 3.63) is 59.7 Å².